The predicted molar refractivity (Wildman–Crippen MR) is 128 cm³/mol. The van der Waals surface area contributed by atoms with Gasteiger partial charge in [0.05, 0.1) is 24.3 Å². The van der Waals surface area contributed by atoms with Crippen LogP contribution in [0.4, 0.5) is 5.69 Å². The maximum absolute atomic E-state index is 13.2. The molecule has 2 fully saturated rings. The lowest BCUT2D eigenvalue weighted by molar-refractivity contribution is -0.122. The molecular formula is C27H31N3O4. The second-order valence-corrected chi connectivity index (χ2v) is 9.49. The molecule has 3 amide bonds. The molecule has 7 heteroatoms. The van der Waals surface area contributed by atoms with Crippen LogP contribution in [-0.2, 0) is 16.1 Å². The first-order valence-corrected chi connectivity index (χ1v) is 12.3. The molecule has 2 unspecified atom stereocenters. The second-order valence-electron chi connectivity index (χ2n) is 9.49. The monoisotopic (exact) mass is 461 g/mol. The summed E-state index contributed by atoms with van der Waals surface area (Å²) in [6.45, 7) is 4.60. The summed E-state index contributed by atoms with van der Waals surface area (Å²) < 4.78 is 5.41. The van der Waals surface area contributed by atoms with Crippen molar-refractivity contribution < 1.29 is 19.1 Å². The fourth-order valence-electron chi connectivity index (χ4n) is 5.36. The van der Waals surface area contributed by atoms with Crippen LogP contribution in [0.2, 0.25) is 0 Å². The molecule has 1 saturated heterocycles. The van der Waals surface area contributed by atoms with Gasteiger partial charge in [-0.05, 0) is 48.6 Å². The van der Waals surface area contributed by atoms with Crippen molar-refractivity contribution in [3.05, 3.63) is 65.2 Å². The Hall–Kier alpha value is -3.03. The van der Waals surface area contributed by atoms with Crippen LogP contribution in [0, 0.1) is 11.8 Å². The number of imide groups is 1. The largest absolute Gasteiger partial charge is 0.379 e. The molecule has 2 aliphatic heterocycles. The minimum atomic E-state index is -0.249. The summed E-state index contributed by atoms with van der Waals surface area (Å²) in [5, 5.41) is 3.08. The number of hydrogen-bond donors (Lipinski definition) is 1. The van der Waals surface area contributed by atoms with Crippen molar-refractivity contribution in [2.24, 2.45) is 11.8 Å². The molecule has 34 heavy (non-hydrogen) atoms. The summed E-state index contributed by atoms with van der Waals surface area (Å²) in [4.78, 5) is 42.5. The Balaban J connectivity index is 1.21. The Bertz CT molecular complexity index is 1030. The molecule has 5 rings (SSSR count). The predicted octanol–water partition coefficient (Wildman–Crippen LogP) is 3.56. The number of nitrogens with zero attached hydrogens (tertiary/aromatic N) is 2. The van der Waals surface area contributed by atoms with E-state index in [1.165, 1.54) is 10.5 Å². The Morgan fingerprint density at radius 3 is 2.24 bits per heavy atom. The van der Waals surface area contributed by atoms with E-state index in [0.29, 0.717) is 17.7 Å². The van der Waals surface area contributed by atoms with Gasteiger partial charge < -0.3 is 10.1 Å². The molecule has 3 aliphatic rings. The highest BCUT2D eigenvalue weighted by Crippen LogP contribution is 2.34. The third-order valence-corrected chi connectivity index (χ3v) is 7.27. The average Bonchev–Trinajstić information content (AvgIpc) is 3.11. The number of hydrogen-bond acceptors (Lipinski definition) is 5. The normalized spacial score (nSPS) is 23.1. The summed E-state index contributed by atoms with van der Waals surface area (Å²) in [6.07, 6.45) is 3.60. The Morgan fingerprint density at radius 2 is 1.56 bits per heavy atom. The first-order chi connectivity index (χ1) is 16.6. The third-order valence-electron chi connectivity index (χ3n) is 7.27. The smallest absolute Gasteiger partial charge is 0.261 e. The highest BCUT2D eigenvalue weighted by Gasteiger charge is 2.40. The van der Waals surface area contributed by atoms with Gasteiger partial charge in [0.2, 0.25) is 5.91 Å². The Kier molecular flexibility index (Phi) is 6.74. The zero-order valence-corrected chi connectivity index (χ0v) is 19.4. The molecule has 1 saturated carbocycles. The van der Waals surface area contributed by atoms with E-state index in [-0.39, 0.29) is 29.6 Å². The number of nitrogens with one attached hydrogen (secondary N) is 1. The van der Waals surface area contributed by atoms with Gasteiger partial charge in [0, 0.05) is 37.8 Å². The summed E-state index contributed by atoms with van der Waals surface area (Å²) in [7, 11) is 0. The average molecular weight is 462 g/mol. The topological polar surface area (TPSA) is 79.0 Å². The zero-order chi connectivity index (χ0) is 23.5. The van der Waals surface area contributed by atoms with Gasteiger partial charge in [0.25, 0.3) is 11.8 Å². The molecule has 0 aromatic heterocycles. The van der Waals surface area contributed by atoms with Crippen LogP contribution in [0.1, 0.15) is 52.0 Å². The van der Waals surface area contributed by atoms with Gasteiger partial charge in [0.15, 0.2) is 0 Å². The molecule has 7 nitrogen and oxygen atoms in total. The van der Waals surface area contributed by atoms with Crippen molar-refractivity contribution in [2.75, 3.05) is 38.2 Å². The van der Waals surface area contributed by atoms with E-state index in [1.54, 1.807) is 24.3 Å². The standard InChI is InChI=1S/C27H31N3O4/c31-25(28-21-11-9-19(10-12-21)17-29-13-15-34-16-14-29)22-6-2-1-5-20(22)18-30-26(32)23-7-3-4-8-24(23)27(30)33/h3-4,7-12,20,22H,1-2,5-6,13-18H2,(H,28,31). The van der Waals surface area contributed by atoms with Crippen LogP contribution in [0.15, 0.2) is 48.5 Å². The number of morpholine rings is 1. The van der Waals surface area contributed by atoms with Crippen LogP contribution in [0.25, 0.3) is 0 Å². The maximum atomic E-state index is 13.2. The molecule has 178 valence electrons. The molecule has 2 heterocycles. The molecule has 1 N–H and O–H groups in total. The van der Waals surface area contributed by atoms with E-state index in [1.807, 2.05) is 12.1 Å². The number of anilines is 1. The maximum Gasteiger partial charge on any atom is 0.261 e. The molecule has 2 aromatic carbocycles. The van der Waals surface area contributed by atoms with Gasteiger partial charge in [-0.3, -0.25) is 24.2 Å². The number of ether oxygens (including phenoxy) is 1. The van der Waals surface area contributed by atoms with Crippen molar-refractivity contribution in [3.8, 4) is 0 Å². The molecule has 0 bridgehead atoms. The SMILES string of the molecule is O=C(Nc1ccc(CN2CCOCC2)cc1)C1CCCCC1CN1C(=O)c2ccccc2C1=O. The number of carbonyl (C=O) groups is 3. The summed E-state index contributed by atoms with van der Waals surface area (Å²) in [5.41, 5.74) is 2.91. The summed E-state index contributed by atoms with van der Waals surface area (Å²) in [6, 6.07) is 15.0. The van der Waals surface area contributed by atoms with Crippen LogP contribution in [-0.4, -0.2) is 60.4 Å². The van der Waals surface area contributed by atoms with Gasteiger partial charge in [-0.1, -0.05) is 37.1 Å². The molecule has 0 spiro atoms. The number of rotatable bonds is 6. The molecule has 2 atom stereocenters. The lowest BCUT2D eigenvalue weighted by atomic mass is 9.78. The minimum Gasteiger partial charge on any atom is -0.379 e. The first-order valence-electron chi connectivity index (χ1n) is 12.3. The molecule has 1 aliphatic carbocycles. The van der Waals surface area contributed by atoms with Crippen LogP contribution in [0.3, 0.4) is 0 Å². The molecule has 0 radical (unpaired) electrons. The zero-order valence-electron chi connectivity index (χ0n) is 19.4. The van der Waals surface area contributed by atoms with Crippen molar-refractivity contribution in [2.45, 2.75) is 32.2 Å². The van der Waals surface area contributed by atoms with Crippen LogP contribution in [0.5, 0.6) is 0 Å². The summed E-state index contributed by atoms with van der Waals surface area (Å²) in [5.74, 6) is -0.771. The van der Waals surface area contributed by atoms with Gasteiger partial charge in [-0.25, -0.2) is 0 Å². The van der Waals surface area contributed by atoms with Crippen molar-refractivity contribution in [3.63, 3.8) is 0 Å². The fraction of sp³-hybridized carbons (Fsp3) is 0.444. The molecule has 2 aromatic rings. The number of carbonyl (C=O) groups excluding carboxylic acids is 3. The van der Waals surface area contributed by atoms with Gasteiger partial charge in [-0.2, -0.15) is 0 Å². The van der Waals surface area contributed by atoms with E-state index >= 15 is 0 Å². The highest BCUT2D eigenvalue weighted by atomic mass is 16.5. The van der Waals surface area contributed by atoms with Gasteiger partial charge in [-0.15, -0.1) is 0 Å². The van der Waals surface area contributed by atoms with E-state index in [9.17, 15) is 14.4 Å². The lowest BCUT2D eigenvalue weighted by Crippen LogP contribution is -2.41. The second kappa shape index (κ2) is 10.1. The van der Waals surface area contributed by atoms with Gasteiger partial charge in [0.1, 0.15) is 0 Å². The van der Waals surface area contributed by atoms with Crippen LogP contribution >= 0.6 is 0 Å². The van der Waals surface area contributed by atoms with Gasteiger partial charge >= 0.3 is 0 Å². The Morgan fingerprint density at radius 1 is 0.912 bits per heavy atom. The van der Waals surface area contributed by atoms with E-state index in [4.69, 9.17) is 4.74 Å². The number of amides is 3. The van der Waals surface area contributed by atoms with E-state index in [0.717, 1.165) is 64.2 Å². The Labute approximate surface area is 200 Å². The number of fused-ring (bicyclic) bond motifs is 1. The highest BCUT2D eigenvalue weighted by molar-refractivity contribution is 6.21. The van der Waals surface area contributed by atoms with E-state index < -0.39 is 0 Å². The molecular weight excluding hydrogens is 430 g/mol. The lowest BCUT2D eigenvalue weighted by Gasteiger charge is -2.32. The number of benzene rings is 2. The first kappa shape index (κ1) is 22.7. The third kappa shape index (κ3) is 4.76. The van der Waals surface area contributed by atoms with Crippen molar-refractivity contribution >= 4 is 23.4 Å². The van der Waals surface area contributed by atoms with Crippen molar-refractivity contribution in [1.29, 1.82) is 0 Å². The van der Waals surface area contributed by atoms with Crippen LogP contribution < -0.4 is 5.32 Å². The fourth-order valence-corrected chi connectivity index (χ4v) is 5.36. The van der Waals surface area contributed by atoms with E-state index in [2.05, 4.69) is 22.3 Å². The summed E-state index contributed by atoms with van der Waals surface area (Å²) >= 11 is 0. The van der Waals surface area contributed by atoms with Crippen molar-refractivity contribution in [1.82, 2.24) is 9.80 Å². The minimum absolute atomic E-state index is 0.0257. The quantitative estimate of drug-likeness (QED) is 0.666.